The van der Waals surface area contributed by atoms with E-state index >= 15 is 0 Å². The van der Waals surface area contributed by atoms with Crippen LogP contribution in [0.5, 0.6) is 0 Å². The first-order chi connectivity index (χ1) is 8.51. The molecule has 1 unspecified atom stereocenters. The lowest BCUT2D eigenvalue weighted by Crippen LogP contribution is -2.60. The molecular weight excluding hydrogens is 224 g/mol. The third-order valence-electron chi connectivity index (χ3n) is 6.05. The molecule has 3 nitrogen and oxygen atoms in total. The van der Waals surface area contributed by atoms with Gasteiger partial charge in [-0.2, -0.15) is 0 Å². The van der Waals surface area contributed by atoms with Crippen LogP contribution in [0.3, 0.4) is 0 Å². The normalized spacial score (nSPS) is 44.9. The molecule has 0 radical (unpaired) electrons. The zero-order valence-corrected chi connectivity index (χ0v) is 11.4. The summed E-state index contributed by atoms with van der Waals surface area (Å²) in [5.41, 5.74) is 11.7. The highest BCUT2D eigenvalue weighted by Gasteiger charge is 2.54. The molecular formula is C15H26N2O. The van der Waals surface area contributed by atoms with E-state index in [2.05, 4.69) is 6.92 Å². The molecule has 102 valence electrons. The van der Waals surface area contributed by atoms with Crippen molar-refractivity contribution in [1.82, 2.24) is 0 Å². The lowest BCUT2D eigenvalue weighted by molar-refractivity contribution is -0.123. The topological polar surface area (TPSA) is 69.1 Å². The summed E-state index contributed by atoms with van der Waals surface area (Å²) in [5.74, 6) is 3.77. The van der Waals surface area contributed by atoms with E-state index in [4.69, 9.17) is 11.5 Å². The summed E-state index contributed by atoms with van der Waals surface area (Å²) in [4.78, 5) is 11.4. The first-order valence-corrected chi connectivity index (χ1v) is 7.59. The summed E-state index contributed by atoms with van der Waals surface area (Å²) in [6.07, 6.45) is 8.13. The Labute approximate surface area is 110 Å². The van der Waals surface area contributed by atoms with Gasteiger partial charge in [-0.3, -0.25) is 4.79 Å². The van der Waals surface area contributed by atoms with Gasteiger partial charge in [0.25, 0.3) is 0 Å². The molecule has 3 heteroatoms. The summed E-state index contributed by atoms with van der Waals surface area (Å²) in [7, 11) is 0. The average molecular weight is 250 g/mol. The summed E-state index contributed by atoms with van der Waals surface area (Å²) < 4.78 is 0. The van der Waals surface area contributed by atoms with Gasteiger partial charge in [-0.15, -0.1) is 0 Å². The second-order valence-electron chi connectivity index (χ2n) is 7.19. The number of primary amides is 1. The largest absolute Gasteiger partial charge is 0.370 e. The molecule has 0 aromatic heterocycles. The molecule has 0 aromatic carbocycles. The number of hydrogen-bond acceptors (Lipinski definition) is 2. The van der Waals surface area contributed by atoms with Crippen LogP contribution in [-0.2, 0) is 4.79 Å². The van der Waals surface area contributed by atoms with Gasteiger partial charge < -0.3 is 11.5 Å². The lowest BCUT2D eigenvalue weighted by atomic mass is 9.47. The second kappa shape index (κ2) is 4.22. The van der Waals surface area contributed by atoms with Crippen LogP contribution in [0.4, 0.5) is 0 Å². The van der Waals surface area contributed by atoms with Crippen molar-refractivity contribution in [2.45, 2.75) is 57.4 Å². The third-order valence-corrected chi connectivity index (χ3v) is 6.05. The number of rotatable bonds is 4. The number of nitrogens with two attached hydrogens (primary N) is 2. The highest BCUT2D eigenvalue weighted by atomic mass is 16.1. The SMILES string of the molecule is CCC(N)(CC(N)=O)C1C2CC3CC(C2)CC1C3. The Balaban J connectivity index is 1.84. The molecule has 0 spiro atoms. The number of carbonyl (C=O) groups is 1. The predicted octanol–water partition coefficient (Wildman–Crippen LogP) is 2.04. The Kier molecular flexibility index (Phi) is 2.92. The van der Waals surface area contributed by atoms with Crippen LogP contribution < -0.4 is 11.5 Å². The van der Waals surface area contributed by atoms with Crippen LogP contribution in [0.1, 0.15) is 51.9 Å². The van der Waals surface area contributed by atoms with Crippen LogP contribution >= 0.6 is 0 Å². The molecule has 18 heavy (non-hydrogen) atoms. The minimum atomic E-state index is -0.339. The Hall–Kier alpha value is -0.570. The van der Waals surface area contributed by atoms with Crippen molar-refractivity contribution in [3.05, 3.63) is 0 Å². The highest BCUT2D eigenvalue weighted by molar-refractivity contribution is 5.75. The molecule has 0 aliphatic heterocycles. The Bertz CT molecular complexity index is 326. The zero-order chi connectivity index (χ0) is 12.9. The van der Waals surface area contributed by atoms with E-state index in [-0.39, 0.29) is 11.4 Å². The predicted molar refractivity (Wildman–Crippen MR) is 71.6 cm³/mol. The van der Waals surface area contributed by atoms with Gasteiger partial charge in [-0.05, 0) is 68.1 Å². The zero-order valence-electron chi connectivity index (χ0n) is 11.4. The smallest absolute Gasteiger partial charge is 0.219 e. The fourth-order valence-corrected chi connectivity index (χ4v) is 5.67. The van der Waals surface area contributed by atoms with Crippen LogP contribution in [0.25, 0.3) is 0 Å². The van der Waals surface area contributed by atoms with E-state index in [1.807, 2.05) is 0 Å². The van der Waals surface area contributed by atoms with Gasteiger partial charge in [-0.1, -0.05) is 6.92 Å². The van der Waals surface area contributed by atoms with Crippen molar-refractivity contribution in [2.75, 3.05) is 0 Å². The molecule has 4 rings (SSSR count). The van der Waals surface area contributed by atoms with E-state index < -0.39 is 0 Å². The first kappa shape index (κ1) is 12.5. The second-order valence-corrected chi connectivity index (χ2v) is 7.19. The first-order valence-electron chi connectivity index (χ1n) is 7.59. The molecule has 4 aliphatic rings. The molecule has 4 aliphatic carbocycles. The van der Waals surface area contributed by atoms with Crippen LogP contribution in [0.15, 0.2) is 0 Å². The number of hydrogen-bond donors (Lipinski definition) is 2. The molecule has 4 bridgehead atoms. The fraction of sp³-hybridized carbons (Fsp3) is 0.933. The van der Waals surface area contributed by atoms with E-state index in [1.165, 1.54) is 32.1 Å². The van der Waals surface area contributed by atoms with Crippen LogP contribution in [0.2, 0.25) is 0 Å². The van der Waals surface area contributed by atoms with Crippen LogP contribution in [0, 0.1) is 29.6 Å². The van der Waals surface area contributed by atoms with Crippen molar-refractivity contribution in [3.63, 3.8) is 0 Å². The Morgan fingerprint density at radius 2 is 1.61 bits per heavy atom. The van der Waals surface area contributed by atoms with Crippen molar-refractivity contribution in [3.8, 4) is 0 Å². The summed E-state index contributed by atoms with van der Waals surface area (Å²) in [6, 6.07) is 0. The van der Waals surface area contributed by atoms with Gasteiger partial charge in [0.05, 0.1) is 0 Å². The van der Waals surface area contributed by atoms with Crippen LogP contribution in [-0.4, -0.2) is 11.4 Å². The molecule has 0 heterocycles. The van der Waals surface area contributed by atoms with Gasteiger partial charge in [0.15, 0.2) is 0 Å². The van der Waals surface area contributed by atoms with E-state index in [1.54, 1.807) is 0 Å². The quantitative estimate of drug-likeness (QED) is 0.801. The number of carbonyl (C=O) groups excluding carboxylic acids is 1. The molecule has 4 N–H and O–H groups in total. The van der Waals surface area contributed by atoms with Gasteiger partial charge >= 0.3 is 0 Å². The van der Waals surface area contributed by atoms with Crippen molar-refractivity contribution in [2.24, 2.45) is 41.1 Å². The summed E-state index contributed by atoms with van der Waals surface area (Å²) >= 11 is 0. The van der Waals surface area contributed by atoms with Crippen molar-refractivity contribution >= 4 is 5.91 Å². The fourth-order valence-electron chi connectivity index (χ4n) is 5.67. The van der Waals surface area contributed by atoms with Gasteiger partial charge in [0.1, 0.15) is 0 Å². The Morgan fingerprint density at radius 1 is 1.11 bits per heavy atom. The maximum atomic E-state index is 11.4. The minimum Gasteiger partial charge on any atom is -0.370 e. The van der Waals surface area contributed by atoms with E-state index in [9.17, 15) is 4.79 Å². The molecule has 1 atom stereocenters. The average Bonchev–Trinajstić information content (AvgIpc) is 2.26. The van der Waals surface area contributed by atoms with Crippen molar-refractivity contribution in [1.29, 1.82) is 0 Å². The van der Waals surface area contributed by atoms with Crippen molar-refractivity contribution < 1.29 is 4.79 Å². The van der Waals surface area contributed by atoms with E-state index in [0.717, 1.165) is 30.1 Å². The summed E-state index contributed by atoms with van der Waals surface area (Å²) in [5, 5.41) is 0. The standard InChI is InChI=1S/C15H26N2O/c1-2-15(17,8-13(16)18)14-11-4-9-3-10(6-11)7-12(14)5-9/h9-12,14H,2-8,17H2,1H3,(H2,16,18). The minimum absolute atomic E-state index is 0.229. The molecule has 0 saturated heterocycles. The van der Waals surface area contributed by atoms with Gasteiger partial charge in [0, 0.05) is 12.0 Å². The molecule has 4 saturated carbocycles. The maximum absolute atomic E-state index is 11.4. The molecule has 1 amide bonds. The summed E-state index contributed by atoms with van der Waals surface area (Å²) in [6.45, 7) is 2.12. The third kappa shape index (κ3) is 1.87. The molecule has 4 fully saturated rings. The maximum Gasteiger partial charge on any atom is 0.219 e. The monoisotopic (exact) mass is 250 g/mol. The van der Waals surface area contributed by atoms with E-state index in [0.29, 0.717) is 12.3 Å². The van der Waals surface area contributed by atoms with Gasteiger partial charge in [0.2, 0.25) is 5.91 Å². The highest BCUT2D eigenvalue weighted by Crippen LogP contribution is 2.59. The van der Waals surface area contributed by atoms with Gasteiger partial charge in [-0.25, -0.2) is 0 Å². The lowest BCUT2D eigenvalue weighted by Gasteiger charge is -2.59. The molecule has 0 aromatic rings. The number of amides is 1. The Morgan fingerprint density at radius 3 is 2.00 bits per heavy atom.